The van der Waals surface area contributed by atoms with E-state index >= 15 is 0 Å². The second-order valence-electron chi connectivity index (χ2n) is 2.68. The summed E-state index contributed by atoms with van der Waals surface area (Å²) in [5.41, 5.74) is 3.15. The Labute approximate surface area is 69.8 Å². The second-order valence-corrected chi connectivity index (χ2v) is 2.68. The number of rotatable bonds is 1. The van der Waals surface area contributed by atoms with Crippen molar-refractivity contribution in [1.82, 2.24) is 14.9 Å². The minimum atomic E-state index is 0.973. The molecule has 0 fully saturated rings. The molecule has 0 unspecified atom stereocenters. The summed E-state index contributed by atoms with van der Waals surface area (Å²) in [5, 5.41) is 7.76. The van der Waals surface area contributed by atoms with Gasteiger partial charge in [-0.1, -0.05) is 5.16 Å². The third-order valence-electron chi connectivity index (χ3n) is 1.98. The van der Waals surface area contributed by atoms with Crippen molar-refractivity contribution in [3.05, 3.63) is 24.4 Å². The van der Waals surface area contributed by atoms with E-state index in [4.69, 9.17) is 4.52 Å². The molecule has 0 aromatic carbocycles. The molecule has 0 aliphatic carbocycles. The lowest BCUT2D eigenvalue weighted by Crippen LogP contribution is -1.92. The smallest absolute Gasteiger partial charge is 0.131 e. The van der Waals surface area contributed by atoms with Crippen LogP contribution in [0.5, 0.6) is 0 Å². The van der Waals surface area contributed by atoms with Gasteiger partial charge in [0.05, 0.1) is 12.4 Å². The van der Waals surface area contributed by atoms with Gasteiger partial charge in [0.15, 0.2) is 0 Å². The highest BCUT2D eigenvalue weighted by atomic mass is 16.5. The molecule has 2 rings (SSSR count). The van der Waals surface area contributed by atoms with Crippen LogP contribution in [0.25, 0.3) is 11.1 Å². The van der Waals surface area contributed by atoms with Crippen molar-refractivity contribution in [3.63, 3.8) is 0 Å². The molecule has 0 N–H and O–H groups in total. The Morgan fingerprint density at radius 2 is 2.25 bits per heavy atom. The highest BCUT2D eigenvalue weighted by Crippen LogP contribution is 2.21. The predicted octanol–water partition coefficient (Wildman–Crippen LogP) is 1.38. The number of nitrogens with zero attached hydrogens (tertiary/aromatic N) is 3. The predicted molar refractivity (Wildman–Crippen MR) is 43.4 cm³/mol. The first-order chi connectivity index (χ1) is 5.79. The first-order valence-electron chi connectivity index (χ1n) is 3.67. The summed E-state index contributed by atoms with van der Waals surface area (Å²) in [6.07, 6.45) is 5.11. The minimum Gasteiger partial charge on any atom is -0.364 e. The molecule has 4 heteroatoms. The number of aryl methyl sites for hydroxylation is 1. The van der Waals surface area contributed by atoms with Crippen molar-refractivity contribution in [2.45, 2.75) is 6.92 Å². The number of hydrogen-bond acceptors (Lipinski definition) is 3. The van der Waals surface area contributed by atoms with E-state index in [2.05, 4.69) is 10.3 Å². The molecule has 0 aliphatic heterocycles. The van der Waals surface area contributed by atoms with Gasteiger partial charge in [-0.05, 0) is 6.92 Å². The number of hydrogen-bond donors (Lipinski definition) is 0. The molecule has 0 bridgehead atoms. The molecule has 2 aromatic heterocycles. The molecule has 4 nitrogen and oxygen atoms in total. The van der Waals surface area contributed by atoms with Crippen molar-refractivity contribution < 1.29 is 4.52 Å². The quantitative estimate of drug-likeness (QED) is 0.638. The largest absolute Gasteiger partial charge is 0.364 e. The molecular weight excluding hydrogens is 154 g/mol. The van der Waals surface area contributed by atoms with Gasteiger partial charge in [0, 0.05) is 23.9 Å². The van der Waals surface area contributed by atoms with Gasteiger partial charge in [0.1, 0.15) is 6.26 Å². The van der Waals surface area contributed by atoms with Crippen molar-refractivity contribution in [1.29, 1.82) is 0 Å². The standard InChI is InChI=1S/C8H9N3O/c1-6-8(4-9-11(6)2)7-3-10-12-5-7/h3-5H,1-2H3. The molecular formula is C8H9N3O. The van der Waals surface area contributed by atoms with Crippen LogP contribution in [0.2, 0.25) is 0 Å². The highest BCUT2D eigenvalue weighted by molar-refractivity contribution is 5.62. The molecule has 0 radical (unpaired) electrons. The Hall–Kier alpha value is -1.58. The van der Waals surface area contributed by atoms with Crippen molar-refractivity contribution >= 4 is 0 Å². The van der Waals surface area contributed by atoms with E-state index in [-0.39, 0.29) is 0 Å². The maximum Gasteiger partial charge on any atom is 0.131 e. The van der Waals surface area contributed by atoms with Crippen LogP contribution >= 0.6 is 0 Å². The fourth-order valence-electron chi connectivity index (χ4n) is 1.12. The minimum absolute atomic E-state index is 0.973. The Kier molecular flexibility index (Phi) is 1.46. The Balaban J connectivity index is 2.55. The molecule has 0 atom stereocenters. The lowest BCUT2D eigenvalue weighted by atomic mass is 10.1. The van der Waals surface area contributed by atoms with Gasteiger partial charge in [-0.3, -0.25) is 4.68 Å². The highest BCUT2D eigenvalue weighted by Gasteiger charge is 2.07. The first kappa shape index (κ1) is 7.09. The van der Waals surface area contributed by atoms with Crippen LogP contribution in [0.3, 0.4) is 0 Å². The summed E-state index contributed by atoms with van der Waals surface area (Å²) in [4.78, 5) is 0. The van der Waals surface area contributed by atoms with Crippen LogP contribution in [0.4, 0.5) is 0 Å². The monoisotopic (exact) mass is 163 g/mol. The van der Waals surface area contributed by atoms with E-state index in [9.17, 15) is 0 Å². The topological polar surface area (TPSA) is 43.9 Å². The lowest BCUT2D eigenvalue weighted by molar-refractivity contribution is 0.420. The van der Waals surface area contributed by atoms with E-state index in [0.717, 1.165) is 16.8 Å². The van der Waals surface area contributed by atoms with Gasteiger partial charge >= 0.3 is 0 Å². The zero-order chi connectivity index (χ0) is 8.55. The molecule has 2 aromatic rings. The zero-order valence-electron chi connectivity index (χ0n) is 6.98. The van der Waals surface area contributed by atoms with Gasteiger partial charge in [-0.2, -0.15) is 5.10 Å². The average molecular weight is 163 g/mol. The molecule has 0 aliphatic rings. The molecule has 0 spiro atoms. The Bertz CT molecular complexity index is 375. The SMILES string of the molecule is Cc1c(-c2cnoc2)cnn1C. The Morgan fingerprint density at radius 1 is 1.42 bits per heavy atom. The molecule has 2 heterocycles. The molecule has 0 saturated carbocycles. The van der Waals surface area contributed by atoms with Crippen LogP contribution < -0.4 is 0 Å². The van der Waals surface area contributed by atoms with Crippen LogP contribution in [0, 0.1) is 6.92 Å². The third-order valence-corrected chi connectivity index (χ3v) is 1.98. The van der Waals surface area contributed by atoms with E-state index in [0.29, 0.717) is 0 Å². The van der Waals surface area contributed by atoms with E-state index in [1.165, 1.54) is 0 Å². The van der Waals surface area contributed by atoms with Gasteiger partial charge in [-0.25, -0.2) is 0 Å². The second kappa shape index (κ2) is 2.48. The average Bonchev–Trinajstić information content (AvgIpc) is 2.64. The van der Waals surface area contributed by atoms with Gasteiger partial charge < -0.3 is 4.52 Å². The first-order valence-corrected chi connectivity index (χ1v) is 3.67. The molecule has 0 saturated heterocycles. The summed E-state index contributed by atoms with van der Waals surface area (Å²) < 4.78 is 6.57. The van der Waals surface area contributed by atoms with Gasteiger partial charge in [-0.15, -0.1) is 0 Å². The fourth-order valence-corrected chi connectivity index (χ4v) is 1.12. The maximum absolute atomic E-state index is 4.75. The lowest BCUT2D eigenvalue weighted by Gasteiger charge is -1.94. The van der Waals surface area contributed by atoms with E-state index in [1.807, 2.05) is 24.9 Å². The summed E-state index contributed by atoms with van der Waals surface area (Å²) in [6, 6.07) is 0. The van der Waals surface area contributed by atoms with E-state index < -0.39 is 0 Å². The Morgan fingerprint density at radius 3 is 2.75 bits per heavy atom. The third kappa shape index (κ3) is 0.922. The fraction of sp³-hybridized carbons (Fsp3) is 0.250. The van der Waals surface area contributed by atoms with Crippen LogP contribution in [-0.2, 0) is 7.05 Å². The van der Waals surface area contributed by atoms with Gasteiger partial charge in [0.25, 0.3) is 0 Å². The van der Waals surface area contributed by atoms with Crippen LogP contribution in [0.1, 0.15) is 5.69 Å². The molecule has 0 amide bonds. The normalized spacial score (nSPS) is 10.5. The summed E-state index contributed by atoms with van der Waals surface area (Å²) in [6.45, 7) is 2.01. The summed E-state index contributed by atoms with van der Waals surface area (Å²) in [5.74, 6) is 0. The van der Waals surface area contributed by atoms with Crippen molar-refractivity contribution in [2.75, 3.05) is 0 Å². The van der Waals surface area contributed by atoms with Crippen LogP contribution in [0.15, 0.2) is 23.2 Å². The zero-order valence-corrected chi connectivity index (χ0v) is 6.98. The van der Waals surface area contributed by atoms with E-state index in [1.54, 1.807) is 12.5 Å². The number of aromatic nitrogens is 3. The molecule has 62 valence electrons. The van der Waals surface area contributed by atoms with Crippen molar-refractivity contribution in [3.8, 4) is 11.1 Å². The van der Waals surface area contributed by atoms with Gasteiger partial charge in [0.2, 0.25) is 0 Å². The van der Waals surface area contributed by atoms with Crippen molar-refractivity contribution in [2.24, 2.45) is 7.05 Å². The molecule has 12 heavy (non-hydrogen) atoms. The summed E-state index contributed by atoms with van der Waals surface area (Å²) >= 11 is 0. The maximum atomic E-state index is 4.75. The summed E-state index contributed by atoms with van der Waals surface area (Å²) in [7, 11) is 1.91. The van der Waals surface area contributed by atoms with Crippen LogP contribution in [-0.4, -0.2) is 14.9 Å².